The minimum Gasteiger partial charge on any atom is -0.449 e. The third-order valence-electron chi connectivity index (χ3n) is 3.15. The van der Waals surface area contributed by atoms with Gasteiger partial charge in [0.2, 0.25) is 5.91 Å². The standard InChI is InChI=1S/C16H21N3O2/c1-11(17)4-3-5-16(20)19-14-8-6-13(7-9-14)15-10-21-12(2)18-15/h6-11H,3-5,17H2,1-2H3,(H,19,20). The molecule has 5 nitrogen and oxygen atoms in total. The van der Waals surface area contributed by atoms with Crippen molar-refractivity contribution in [3.8, 4) is 11.3 Å². The molecule has 112 valence electrons. The van der Waals surface area contributed by atoms with Gasteiger partial charge in [-0.2, -0.15) is 0 Å². The van der Waals surface area contributed by atoms with Gasteiger partial charge in [-0.05, 0) is 31.9 Å². The van der Waals surface area contributed by atoms with Gasteiger partial charge in [-0.15, -0.1) is 0 Å². The molecular formula is C16H21N3O2. The summed E-state index contributed by atoms with van der Waals surface area (Å²) in [4.78, 5) is 16.0. The molecule has 0 bridgehead atoms. The highest BCUT2D eigenvalue weighted by Crippen LogP contribution is 2.20. The van der Waals surface area contributed by atoms with Crippen LogP contribution in [0.5, 0.6) is 0 Å². The number of aryl methyl sites for hydroxylation is 1. The zero-order chi connectivity index (χ0) is 15.2. The number of nitrogens with zero attached hydrogens (tertiary/aromatic N) is 1. The predicted molar refractivity (Wildman–Crippen MR) is 82.8 cm³/mol. The molecule has 21 heavy (non-hydrogen) atoms. The second kappa shape index (κ2) is 7.04. The van der Waals surface area contributed by atoms with E-state index >= 15 is 0 Å². The number of benzene rings is 1. The zero-order valence-electron chi connectivity index (χ0n) is 12.4. The minimum absolute atomic E-state index is 0.0145. The van der Waals surface area contributed by atoms with Crippen molar-refractivity contribution in [3.63, 3.8) is 0 Å². The maximum Gasteiger partial charge on any atom is 0.224 e. The molecule has 0 spiro atoms. The quantitative estimate of drug-likeness (QED) is 0.855. The maximum absolute atomic E-state index is 11.8. The number of hydrogen-bond donors (Lipinski definition) is 2. The molecule has 2 aromatic rings. The Hall–Kier alpha value is -2.14. The van der Waals surface area contributed by atoms with E-state index < -0.39 is 0 Å². The molecule has 1 unspecified atom stereocenters. The maximum atomic E-state index is 11.8. The highest BCUT2D eigenvalue weighted by molar-refractivity contribution is 5.90. The van der Waals surface area contributed by atoms with Crippen LogP contribution in [0.25, 0.3) is 11.3 Å². The Balaban J connectivity index is 1.89. The van der Waals surface area contributed by atoms with E-state index in [1.165, 1.54) is 0 Å². The molecular weight excluding hydrogens is 266 g/mol. The van der Waals surface area contributed by atoms with Gasteiger partial charge in [-0.25, -0.2) is 4.98 Å². The van der Waals surface area contributed by atoms with E-state index in [4.69, 9.17) is 10.2 Å². The van der Waals surface area contributed by atoms with Gasteiger partial charge in [0.15, 0.2) is 5.89 Å². The first kappa shape index (κ1) is 15.3. The number of rotatable bonds is 6. The van der Waals surface area contributed by atoms with Gasteiger partial charge in [0.1, 0.15) is 12.0 Å². The molecule has 0 saturated carbocycles. The van der Waals surface area contributed by atoms with Crippen molar-refractivity contribution >= 4 is 11.6 Å². The third-order valence-corrected chi connectivity index (χ3v) is 3.15. The minimum atomic E-state index is 0.0145. The summed E-state index contributed by atoms with van der Waals surface area (Å²) >= 11 is 0. The Kier molecular flexibility index (Phi) is 5.11. The van der Waals surface area contributed by atoms with Crippen molar-refractivity contribution in [1.29, 1.82) is 0 Å². The van der Waals surface area contributed by atoms with Gasteiger partial charge in [-0.1, -0.05) is 12.1 Å². The van der Waals surface area contributed by atoms with Gasteiger partial charge in [0.25, 0.3) is 0 Å². The van der Waals surface area contributed by atoms with Crippen LogP contribution in [0.1, 0.15) is 32.1 Å². The van der Waals surface area contributed by atoms with Crippen LogP contribution in [0.4, 0.5) is 5.69 Å². The van der Waals surface area contributed by atoms with Crippen molar-refractivity contribution in [2.45, 2.75) is 39.2 Å². The van der Waals surface area contributed by atoms with Crippen molar-refractivity contribution in [3.05, 3.63) is 36.4 Å². The highest BCUT2D eigenvalue weighted by atomic mass is 16.3. The summed E-state index contributed by atoms with van der Waals surface area (Å²) in [6.07, 6.45) is 3.78. The van der Waals surface area contributed by atoms with Crippen molar-refractivity contribution in [2.24, 2.45) is 5.73 Å². The van der Waals surface area contributed by atoms with Crippen molar-refractivity contribution in [2.75, 3.05) is 5.32 Å². The monoisotopic (exact) mass is 287 g/mol. The summed E-state index contributed by atoms with van der Waals surface area (Å²) in [5.74, 6) is 0.650. The molecule has 0 aliphatic heterocycles. The number of amides is 1. The largest absolute Gasteiger partial charge is 0.449 e. The van der Waals surface area contributed by atoms with Crippen LogP contribution in [-0.2, 0) is 4.79 Å². The molecule has 0 aliphatic carbocycles. The number of carbonyl (C=O) groups excluding carboxylic acids is 1. The van der Waals surface area contributed by atoms with Crippen LogP contribution in [0, 0.1) is 6.92 Å². The summed E-state index contributed by atoms with van der Waals surface area (Å²) in [6.45, 7) is 3.75. The first-order chi connectivity index (χ1) is 10.0. The van der Waals surface area contributed by atoms with Gasteiger partial charge in [0, 0.05) is 30.6 Å². The molecule has 1 aromatic heterocycles. The molecule has 1 heterocycles. The number of aromatic nitrogens is 1. The summed E-state index contributed by atoms with van der Waals surface area (Å²) in [5.41, 5.74) is 8.20. The van der Waals surface area contributed by atoms with Gasteiger partial charge >= 0.3 is 0 Å². The van der Waals surface area contributed by atoms with E-state index in [0.717, 1.165) is 29.8 Å². The Labute approximate surface area is 124 Å². The smallest absolute Gasteiger partial charge is 0.224 e. The Bertz CT molecular complexity index is 588. The van der Waals surface area contributed by atoms with Crippen LogP contribution in [0.15, 0.2) is 34.9 Å². The summed E-state index contributed by atoms with van der Waals surface area (Å²) in [5, 5.41) is 2.88. The lowest BCUT2D eigenvalue weighted by molar-refractivity contribution is -0.116. The zero-order valence-corrected chi connectivity index (χ0v) is 12.4. The van der Waals surface area contributed by atoms with Crippen LogP contribution in [0.2, 0.25) is 0 Å². The Morgan fingerprint density at radius 2 is 2.10 bits per heavy atom. The van der Waals surface area contributed by atoms with E-state index in [-0.39, 0.29) is 11.9 Å². The van der Waals surface area contributed by atoms with Crippen LogP contribution in [-0.4, -0.2) is 16.9 Å². The van der Waals surface area contributed by atoms with E-state index in [1.54, 1.807) is 13.2 Å². The van der Waals surface area contributed by atoms with E-state index in [0.29, 0.717) is 12.3 Å². The number of nitrogens with one attached hydrogen (secondary N) is 1. The van der Waals surface area contributed by atoms with E-state index in [1.807, 2.05) is 31.2 Å². The summed E-state index contributed by atoms with van der Waals surface area (Å²) in [6, 6.07) is 7.69. The van der Waals surface area contributed by atoms with Crippen LogP contribution < -0.4 is 11.1 Å². The Morgan fingerprint density at radius 1 is 1.38 bits per heavy atom. The Morgan fingerprint density at radius 3 is 2.67 bits per heavy atom. The van der Waals surface area contributed by atoms with Gasteiger partial charge in [-0.3, -0.25) is 4.79 Å². The fraction of sp³-hybridized carbons (Fsp3) is 0.375. The molecule has 1 atom stereocenters. The molecule has 1 amide bonds. The molecule has 0 aliphatic rings. The SMILES string of the molecule is Cc1nc(-c2ccc(NC(=O)CCCC(C)N)cc2)co1. The number of anilines is 1. The second-order valence-corrected chi connectivity index (χ2v) is 5.25. The van der Waals surface area contributed by atoms with E-state index in [2.05, 4.69) is 10.3 Å². The van der Waals surface area contributed by atoms with Crippen molar-refractivity contribution in [1.82, 2.24) is 4.98 Å². The third kappa shape index (κ3) is 4.72. The molecule has 1 aromatic carbocycles. The summed E-state index contributed by atoms with van der Waals surface area (Å²) in [7, 11) is 0. The topological polar surface area (TPSA) is 81.2 Å². The number of hydrogen-bond acceptors (Lipinski definition) is 4. The second-order valence-electron chi connectivity index (χ2n) is 5.25. The molecule has 0 saturated heterocycles. The molecule has 0 radical (unpaired) electrons. The lowest BCUT2D eigenvalue weighted by Crippen LogP contribution is -2.16. The lowest BCUT2D eigenvalue weighted by Gasteiger charge is -2.07. The average Bonchev–Trinajstić information content (AvgIpc) is 2.86. The average molecular weight is 287 g/mol. The number of oxazole rings is 1. The fourth-order valence-electron chi connectivity index (χ4n) is 2.03. The van der Waals surface area contributed by atoms with Crippen LogP contribution >= 0.6 is 0 Å². The first-order valence-corrected chi connectivity index (χ1v) is 7.12. The predicted octanol–water partition coefficient (Wildman–Crippen LogP) is 3.11. The fourth-order valence-corrected chi connectivity index (χ4v) is 2.03. The lowest BCUT2D eigenvalue weighted by atomic mass is 10.1. The van der Waals surface area contributed by atoms with E-state index in [9.17, 15) is 4.79 Å². The summed E-state index contributed by atoms with van der Waals surface area (Å²) < 4.78 is 5.19. The molecule has 5 heteroatoms. The molecule has 3 N–H and O–H groups in total. The van der Waals surface area contributed by atoms with Gasteiger partial charge < -0.3 is 15.5 Å². The normalized spacial score (nSPS) is 12.1. The first-order valence-electron chi connectivity index (χ1n) is 7.12. The molecule has 0 fully saturated rings. The number of carbonyl (C=O) groups is 1. The highest BCUT2D eigenvalue weighted by Gasteiger charge is 2.06. The molecule has 2 rings (SSSR count). The van der Waals surface area contributed by atoms with Crippen LogP contribution in [0.3, 0.4) is 0 Å². The number of nitrogens with two attached hydrogens (primary N) is 1. The van der Waals surface area contributed by atoms with Crippen molar-refractivity contribution < 1.29 is 9.21 Å². The van der Waals surface area contributed by atoms with Gasteiger partial charge in [0.05, 0.1) is 0 Å².